The van der Waals surface area contributed by atoms with Gasteiger partial charge in [-0.2, -0.15) is 0 Å². The van der Waals surface area contributed by atoms with Crippen LogP contribution in [0.25, 0.3) is 0 Å². The zero-order valence-electron chi connectivity index (χ0n) is 9.06. The van der Waals surface area contributed by atoms with Crippen LogP contribution in [0.3, 0.4) is 0 Å². The highest BCUT2D eigenvalue weighted by molar-refractivity contribution is 5.45. The van der Waals surface area contributed by atoms with Crippen LogP contribution in [-0.2, 0) is 0 Å². The molecule has 0 radical (unpaired) electrons. The molecule has 4 heteroatoms. The number of rotatable bonds is 2. The van der Waals surface area contributed by atoms with E-state index < -0.39 is 0 Å². The van der Waals surface area contributed by atoms with Crippen molar-refractivity contribution in [3.8, 4) is 11.5 Å². The molecule has 0 amide bonds. The summed E-state index contributed by atoms with van der Waals surface area (Å²) in [7, 11) is 0. The molecule has 1 aliphatic heterocycles. The molecule has 0 spiro atoms. The van der Waals surface area contributed by atoms with Crippen LogP contribution in [0.5, 0.6) is 11.5 Å². The summed E-state index contributed by atoms with van der Waals surface area (Å²) in [6.45, 7) is 0.308. The number of hydrogen-bond acceptors (Lipinski definition) is 4. The molecule has 1 aromatic rings. The fraction of sp³-hybridized carbons (Fsp3) is 0.500. The van der Waals surface area contributed by atoms with Gasteiger partial charge in [-0.25, -0.2) is 0 Å². The maximum absolute atomic E-state index is 6.20. The summed E-state index contributed by atoms with van der Waals surface area (Å²) in [5, 5.41) is 0. The third-order valence-corrected chi connectivity index (χ3v) is 3.50. The van der Waals surface area contributed by atoms with Crippen molar-refractivity contribution in [1.82, 2.24) is 0 Å². The molecule has 0 bridgehead atoms. The van der Waals surface area contributed by atoms with E-state index in [1.165, 1.54) is 0 Å². The van der Waals surface area contributed by atoms with E-state index in [0.29, 0.717) is 18.8 Å². The zero-order chi connectivity index (χ0) is 11.1. The van der Waals surface area contributed by atoms with Crippen molar-refractivity contribution in [2.75, 3.05) is 6.79 Å². The van der Waals surface area contributed by atoms with E-state index in [-0.39, 0.29) is 6.04 Å². The van der Waals surface area contributed by atoms with Crippen LogP contribution in [0.4, 0.5) is 0 Å². The maximum atomic E-state index is 6.20. The lowest BCUT2D eigenvalue weighted by Gasteiger charge is -2.36. The van der Waals surface area contributed by atoms with Crippen molar-refractivity contribution in [1.29, 1.82) is 0 Å². The average molecular weight is 220 g/mol. The van der Waals surface area contributed by atoms with Gasteiger partial charge in [0.15, 0.2) is 11.5 Å². The Morgan fingerprint density at radius 2 is 1.94 bits per heavy atom. The quantitative estimate of drug-likeness (QED) is 0.784. The van der Waals surface area contributed by atoms with Crippen LogP contribution in [0.2, 0.25) is 0 Å². The molecule has 1 atom stereocenters. The Labute approximate surface area is 94.5 Å². The summed E-state index contributed by atoms with van der Waals surface area (Å²) >= 11 is 0. The molecule has 1 saturated carbocycles. The van der Waals surface area contributed by atoms with Crippen LogP contribution in [-0.4, -0.2) is 12.8 Å². The zero-order valence-corrected chi connectivity index (χ0v) is 9.06. The van der Waals surface area contributed by atoms with Crippen LogP contribution in [0.15, 0.2) is 18.2 Å². The maximum Gasteiger partial charge on any atom is 0.231 e. The standard InChI is InChI=1S/C12H16N2O2/c13-9-3-8(4-9)12(14)7-1-2-10-11(5-7)16-6-15-10/h1-2,5,8-9,12H,3-4,6,13-14H2. The number of fused-ring (bicyclic) bond motifs is 1. The van der Waals surface area contributed by atoms with Gasteiger partial charge in [0.25, 0.3) is 0 Å². The van der Waals surface area contributed by atoms with Crippen molar-refractivity contribution in [2.45, 2.75) is 24.9 Å². The van der Waals surface area contributed by atoms with E-state index in [1.807, 2.05) is 18.2 Å². The molecule has 1 unspecified atom stereocenters. The largest absolute Gasteiger partial charge is 0.454 e. The fourth-order valence-electron chi connectivity index (χ4n) is 2.39. The summed E-state index contributed by atoms with van der Waals surface area (Å²) in [6, 6.07) is 6.33. The Kier molecular flexibility index (Phi) is 2.26. The predicted octanol–water partition coefficient (Wildman–Crippen LogP) is 1.15. The molecule has 16 heavy (non-hydrogen) atoms. The molecule has 0 saturated heterocycles. The summed E-state index contributed by atoms with van der Waals surface area (Å²) < 4.78 is 10.6. The van der Waals surface area contributed by atoms with Crippen LogP contribution in [0.1, 0.15) is 24.4 Å². The van der Waals surface area contributed by atoms with Crippen molar-refractivity contribution in [3.05, 3.63) is 23.8 Å². The predicted molar refractivity (Wildman–Crippen MR) is 60.2 cm³/mol. The Morgan fingerprint density at radius 3 is 2.69 bits per heavy atom. The van der Waals surface area contributed by atoms with Crippen molar-refractivity contribution < 1.29 is 9.47 Å². The van der Waals surface area contributed by atoms with E-state index >= 15 is 0 Å². The van der Waals surface area contributed by atoms with Crippen molar-refractivity contribution in [2.24, 2.45) is 17.4 Å². The highest BCUT2D eigenvalue weighted by Gasteiger charge is 2.32. The lowest BCUT2D eigenvalue weighted by Crippen LogP contribution is -2.41. The van der Waals surface area contributed by atoms with Gasteiger partial charge in [-0.3, -0.25) is 0 Å². The van der Waals surface area contributed by atoms with Gasteiger partial charge in [-0.15, -0.1) is 0 Å². The molecule has 1 fully saturated rings. The molecule has 4 nitrogen and oxygen atoms in total. The molecular formula is C12H16N2O2. The van der Waals surface area contributed by atoms with Gasteiger partial charge >= 0.3 is 0 Å². The molecule has 1 heterocycles. The van der Waals surface area contributed by atoms with Crippen LogP contribution >= 0.6 is 0 Å². The van der Waals surface area contributed by atoms with Gasteiger partial charge in [0.1, 0.15) is 0 Å². The lowest BCUT2D eigenvalue weighted by molar-refractivity contribution is 0.174. The van der Waals surface area contributed by atoms with Gasteiger partial charge in [0.05, 0.1) is 0 Å². The fourth-order valence-corrected chi connectivity index (χ4v) is 2.39. The number of hydrogen-bond donors (Lipinski definition) is 2. The van der Waals surface area contributed by atoms with Crippen molar-refractivity contribution in [3.63, 3.8) is 0 Å². The molecular weight excluding hydrogens is 204 g/mol. The first-order chi connectivity index (χ1) is 7.74. The normalized spacial score (nSPS) is 28.6. The summed E-state index contributed by atoms with van der Waals surface area (Å²) in [4.78, 5) is 0. The van der Waals surface area contributed by atoms with Gasteiger partial charge < -0.3 is 20.9 Å². The van der Waals surface area contributed by atoms with Gasteiger partial charge in [-0.1, -0.05) is 6.07 Å². The van der Waals surface area contributed by atoms with Gasteiger partial charge in [0, 0.05) is 12.1 Å². The van der Waals surface area contributed by atoms with E-state index in [9.17, 15) is 0 Å². The highest BCUT2D eigenvalue weighted by Crippen LogP contribution is 2.39. The minimum atomic E-state index is 0.0642. The number of benzene rings is 1. The molecule has 0 aromatic heterocycles. The van der Waals surface area contributed by atoms with Crippen molar-refractivity contribution >= 4 is 0 Å². The first-order valence-electron chi connectivity index (χ1n) is 5.65. The topological polar surface area (TPSA) is 70.5 Å². The van der Waals surface area contributed by atoms with E-state index in [4.69, 9.17) is 20.9 Å². The summed E-state index contributed by atoms with van der Waals surface area (Å²) in [5.41, 5.74) is 13.1. The second-order valence-electron chi connectivity index (χ2n) is 4.63. The number of nitrogens with two attached hydrogens (primary N) is 2. The molecule has 1 aromatic carbocycles. The van der Waals surface area contributed by atoms with E-state index in [1.54, 1.807) is 0 Å². The minimum absolute atomic E-state index is 0.0642. The Hall–Kier alpha value is -1.26. The third kappa shape index (κ3) is 1.54. The summed E-state index contributed by atoms with van der Waals surface area (Å²) in [5.74, 6) is 2.12. The SMILES string of the molecule is NC1CC(C(N)c2ccc3c(c2)OCO3)C1. The first kappa shape index (κ1) is 9.93. The summed E-state index contributed by atoms with van der Waals surface area (Å²) in [6.07, 6.45) is 2.05. The van der Waals surface area contributed by atoms with Gasteiger partial charge in [0.2, 0.25) is 6.79 Å². The van der Waals surface area contributed by atoms with Gasteiger partial charge in [-0.05, 0) is 36.5 Å². The number of ether oxygens (including phenoxy) is 2. The molecule has 1 aliphatic carbocycles. The average Bonchev–Trinajstić information content (AvgIpc) is 2.70. The lowest BCUT2D eigenvalue weighted by atomic mass is 9.74. The Balaban J connectivity index is 1.79. The first-order valence-corrected chi connectivity index (χ1v) is 5.65. The minimum Gasteiger partial charge on any atom is -0.454 e. The molecule has 3 rings (SSSR count). The van der Waals surface area contributed by atoms with Crippen LogP contribution in [0, 0.1) is 5.92 Å². The van der Waals surface area contributed by atoms with Crippen LogP contribution < -0.4 is 20.9 Å². The molecule has 2 aliphatic rings. The molecule has 4 N–H and O–H groups in total. The van der Waals surface area contributed by atoms with E-state index in [0.717, 1.165) is 29.9 Å². The Morgan fingerprint density at radius 1 is 1.19 bits per heavy atom. The Bertz CT molecular complexity index is 402. The second kappa shape index (κ2) is 3.64. The second-order valence-corrected chi connectivity index (χ2v) is 4.63. The third-order valence-electron chi connectivity index (χ3n) is 3.50. The smallest absolute Gasteiger partial charge is 0.231 e. The highest BCUT2D eigenvalue weighted by atomic mass is 16.7. The molecule has 86 valence electrons. The van der Waals surface area contributed by atoms with E-state index in [2.05, 4.69) is 0 Å². The monoisotopic (exact) mass is 220 g/mol.